The van der Waals surface area contributed by atoms with Crippen LogP contribution >= 0.6 is 11.3 Å². The highest BCUT2D eigenvalue weighted by Gasteiger charge is 2.38. The Balaban J connectivity index is 0.000000236. The minimum absolute atomic E-state index is 0.0629. The summed E-state index contributed by atoms with van der Waals surface area (Å²) in [5.74, 6) is 1.72. The number of thiazole rings is 1. The molecule has 1 aliphatic heterocycles. The van der Waals surface area contributed by atoms with Gasteiger partial charge in [-0.15, -0.1) is 11.3 Å². The Kier molecular flexibility index (Phi) is 10.4. The third kappa shape index (κ3) is 7.83. The van der Waals surface area contributed by atoms with Crippen molar-refractivity contribution in [1.82, 2.24) is 9.88 Å². The minimum Gasteiger partial charge on any atom is -0.342 e. The second-order valence-corrected chi connectivity index (χ2v) is 11.9. The van der Waals surface area contributed by atoms with E-state index in [4.69, 9.17) is 0 Å². The first-order chi connectivity index (χ1) is 18.1. The normalized spacial score (nSPS) is 15.7. The number of benzene rings is 2. The molecule has 5 nitrogen and oxygen atoms in total. The SMILES string of the molecule is CC(=O)C(C)(C)N=C(C)c1ccc(-c2nc3ccccc3s2)cc1.CCC.CCC1CN(C(=O)C2CC2)C1. The molecular formula is C32H43N3O2S. The van der Waals surface area contributed by atoms with Crippen LogP contribution in [0.15, 0.2) is 53.5 Å². The van der Waals surface area contributed by atoms with E-state index in [1.807, 2.05) is 56.0 Å². The molecule has 1 aromatic heterocycles. The molecule has 204 valence electrons. The van der Waals surface area contributed by atoms with Crippen LogP contribution in [0.4, 0.5) is 0 Å². The molecule has 0 radical (unpaired) electrons. The molecule has 2 fully saturated rings. The molecule has 1 saturated carbocycles. The Morgan fingerprint density at radius 2 is 1.61 bits per heavy atom. The Morgan fingerprint density at radius 3 is 2.13 bits per heavy atom. The van der Waals surface area contributed by atoms with Crippen molar-refractivity contribution in [2.45, 2.75) is 79.7 Å². The summed E-state index contributed by atoms with van der Waals surface area (Å²) >= 11 is 1.69. The van der Waals surface area contributed by atoms with Gasteiger partial charge in [0.1, 0.15) is 10.5 Å². The van der Waals surface area contributed by atoms with Crippen molar-refractivity contribution in [1.29, 1.82) is 0 Å². The number of amides is 1. The summed E-state index contributed by atoms with van der Waals surface area (Å²) in [5, 5.41) is 1.02. The molecular weight excluding hydrogens is 490 g/mol. The lowest BCUT2D eigenvalue weighted by molar-refractivity contribution is -0.138. The number of ketones is 1. The first-order valence-corrected chi connectivity index (χ1v) is 14.7. The average Bonchev–Trinajstić information content (AvgIpc) is 3.62. The number of carbonyl (C=O) groups is 2. The van der Waals surface area contributed by atoms with Gasteiger partial charge in [-0.25, -0.2) is 4.98 Å². The van der Waals surface area contributed by atoms with Gasteiger partial charge in [-0.3, -0.25) is 14.6 Å². The van der Waals surface area contributed by atoms with Crippen LogP contribution in [0.25, 0.3) is 20.8 Å². The van der Waals surface area contributed by atoms with Crippen molar-refractivity contribution in [3.8, 4) is 10.6 Å². The molecule has 38 heavy (non-hydrogen) atoms. The van der Waals surface area contributed by atoms with Crippen LogP contribution in [0.2, 0.25) is 0 Å². The Bertz CT molecular complexity index is 1220. The lowest BCUT2D eigenvalue weighted by Gasteiger charge is -2.39. The van der Waals surface area contributed by atoms with E-state index in [9.17, 15) is 9.59 Å². The van der Waals surface area contributed by atoms with Gasteiger partial charge in [-0.05, 0) is 70.6 Å². The topological polar surface area (TPSA) is 62.6 Å². The molecule has 1 aliphatic carbocycles. The van der Waals surface area contributed by atoms with Crippen LogP contribution in [0.1, 0.15) is 79.7 Å². The average molecular weight is 534 g/mol. The predicted molar refractivity (Wildman–Crippen MR) is 161 cm³/mol. The van der Waals surface area contributed by atoms with Crippen molar-refractivity contribution < 1.29 is 9.59 Å². The van der Waals surface area contributed by atoms with E-state index in [0.29, 0.717) is 11.8 Å². The molecule has 3 aromatic rings. The number of para-hydroxylation sites is 1. The monoisotopic (exact) mass is 533 g/mol. The Hall–Kier alpha value is -2.86. The maximum Gasteiger partial charge on any atom is 0.225 e. The van der Waals surface area contributed by atoms with Crippen molar-refractivity contribution in [3.05, 3.63) is 54.1 Å². The fraction of sp³-hybridized carbons (Fsp3) is 0.500. The minimum atomic E-state index is -0.685. The van der Waals surface area contributed by atoms with Gasteiger partial charge in [0.2, 0.25) is 5.91 Å². The molecule has 1 saturated heterocycles. The highest BCUT2D eigenvalue weighted by molar-refractivity contribution is 7.21. The van der Waals surface area contributed by atoms with Crippen LogP contribution in [0.5, 0.6) is 0 Å². The summed E-state index contributed by atoms with van der Waals surface area (Å²) in [6.45, 7) is 15.7. The molecule has 0 atom stereocenters. The number of hydrogen-bond donors (Lipinski definition) is 0. The van der Waals surface area contributed by atoms with Crippen LogP contribution in [0.3, 0.4) is 0 Å². The summed E-state index contributed by atoms with van der Waals surface area (Å²) in [6, 6.07) is 16.4. The Labute approximate surface area is 232 Å². The zero-order valence-electron chi connectivity index (χ0n) is 24.1. The quantitative estimate of drug-likeness (QED) is 0.303. The summed E-state index contributed by atoms with van der Waals surface area (Å²) in [7, 11) is 0. The zero-order chi connectivity index (χ0) is 27.9. The van der Waals surface area contributed by atoms with Crippen molar-refractivity contribution in [2.24, 2.45) is 16.8 Å². The maximum absolute atomic E-state index is 11.6. The number of aromatic nitrogens is 1. The highest BCUT2D eigenvalue weighted by Crippen LogP contribution is 2.34. The summed E-state index contributed by atoms with van der Waals surface area (Å²) < 4.78 is 1.19. The third-order valence-electron chi connectivity index (χ3n) is 6.93. The van der Waals surface area contributed by atoms with Gasteiger partial charge >= 0.3 is 0 Å². The first-order valence-electron chi connectivity index (χ1n) is 13.9. The summed E-state index contributed by atoms with van der Waals surface area (Å²) in [6.07, 6.45) is 4.77. The van der Waals surface area contributed by atoms with Crippen molar-refractivity contribution >= 4 is 39.0 Å². The number of rotatable bonds is 6. The van der Waals surface area contributed by atoms with Crippen LogP contribution in [0, 0.1) is 11.8 Å². The van der Waals surface area contributed by atoms with Gasteiger partial charge in [0, 0.05) is 30.3 Å². The fourth-order valence-electron chi connectivity index (χ4n) is 4.01. The van der Waals surface area contributed by atoms with Gasteiger partial charge in [0.05, 0.1) is 10.2 Å². The van der Waals surface area contributed by atoms with E-state index in [0.717, 1.165) is 59.2 Å². The number of aliphatic imine (C=N–C) groups is 1. The van der Waals surface area contributed by atoms with Gasteiger partial charge in [-0.1, -0.05) is 63.6 Å². The number of nitrogens with zero attached hydrogens (tertiary/aromatic N) is 3. The maximum atomic E-state index is 11.6. The molecule has 0 bridgehead atoms. The van der Waals surface area contributed by atoms with Gasteiger partial charge in [0.25, 0.3) is 0 Å². The standard InChI is InChI=1S/C20H20N2OS.C9H15NO.C3H8/c1-13(22-20(3,4)14(2)23)15-9-11-16(12-10-15)19-21-17-7-5-6-8-18(17)24-19;1-2-7-5-10(6-7)9(11)8-3-4-8;1-3-2/h5-12H,1-4H3;7-8H,2-6H2,1H3;3H2,1-2H3. The van der Waals surface area contributed by atoms with Gasteiger partial charge in [0.15, 0.2) is 5.78 Å². The van der Waals surface area contributed by atoms with Gasteiger partial charge in [-0.2, -0.15) is 0 Å². The molecule has 0 N–H and O–H groups in total. The van der Waals surface area contributed by atoms with Crippen LogP contribution in [-0.2, 0) is 9.59 Å². The molecule has 2 aromatic carbocycles. The van der Waals surface area contributed by atoms with Gasteiger partial charge < -0.3 is 4.90 Å². The lowest BCUT2D eigenvalue weighted by atomic mass is 9.97. The number of fused-ring (bicyclic) bond motifs is 1. The Morgan fingerprint density at radius 1 is 1.00 bits per heavy atom. The number of likely N-dealkylation sites (tertiary alicyclic amines) is 1. The molecule has 0 unspecified atom stereocenters. The first kappa shape index (κ1) is 29.7. The molecule has 1 amide bonds. The highest BCUT2D eigenvalue weighted by atomic mass is 32.1. The fourth-order valence-corrected chi connectivity index (χ4v) is 4.98. The molecule has 5 rings (SSSR count). The number of hydrogen-bond acceptors (Lipinski definition) is 5. The summed E-state index contributed by atoms with van der Waals surface area (Å²) in [4.78, 5) is 34.3. The lowest BCUT2D eigenvalue weighted by Crippen LogP contribution is -2.50. The van der Waals surface area contributed by atoms with E-state index < -0.39 is 5.54 Å². The third-order valence-corrected chi connectivity index (χ3v) is 8.01. The molecule has 6 heteroatoms. The largest absolute Gasteiger partial charge is 0.342 e. The van der Waals surface area contributed by atoms with Crippen LogP contribution in [-0.4, -0.2) is 45.9 Å². The summed E-state index contributed by atoms with van der Waals surface area (Å²) in [5.41, 5.74) is 3.33. The van der Waals surface area contributed by atoms with Crippen LogP contribution < -0.4 is 0 Å². The molecule has 2 aliphatic rings. The molecule has 0 spiro atoms. The second kappa shape index (κ2) is 13.3. The van der Waals surface area contributed by atoms with E-state index in [1.165, 1.54) is 17.5 Å². The van der Waals surface area contributed by atoms with Crippen molar-refractivity contribution in [2.75, 3.05) is 13.1 Å². The zero-order valence-corrected chi connectivity index (χ0v) is 24.9. The van der Waals surface area contributed by atoms with E-state index in [-0.39, 0.29) is 5.78 Å². The number of Topliss-reactive ketones (excluding diaryl/α,β-unsaturated/α-hetero) is 1. The number of carbonyl (C=O) groups excluding carboxylic acids is 2. The van der Waals surface area contributed by atoms with E-state index in [2.05, 4.69) is 48.9 Å². The van der Waals surface area contributed by atoms with E-state index in [1.54, 1.807) is 18.3 Å². The predicted octanol–water partition coefficient (Wildman–Crippen LogP) is 7.82. The van der Waals surface area contributed by atoms with Crippen molar-refractivity contribution in [3.63, 3.8) is 0 Å². The second-order valence-electron chi connectivity index (χ2n) is 10.9. The molecule has 2 heterocycles. The smallest absolute Gasteiger partial charge is 0.225 e. The van der Waals surface area contributed by atoms with E-state index >= 15 is 0 Å².